The van der Waals surface area contributed by atoms with Gasteiger partial charge in [-0.25, -0.2) is 0 Å². The second-order valence-electron chi connectivity index (χ2n) is 3.35. The minimum Gasteiger partial charge on any atom is -0.493 e. The number of rotatable bonds is 2. The molecule has 0 aliphatic carbocycles. The van der Waals surface area contributed by atoms with Crippen LogP contribution in [0.1, 0.15) is 18.1 Å². The van der Waals surface area contributed by atoms with Crippen molar-refractivity contribution >= 4 is 27.7 Å². The van der Waals surface area contributed by atoms with Crippen molar-refractivity contribution in [2.24, 2.45) is 0 Å². The van der Waals surface area contributed by atoms with Gasteiger partial charge in [-0.15, -0.1) is 11.8 Å². The van der Waals surface area contributed by atoms with E-state index in [4.69, 9.17) is 9.47 Å². The zero-order valence-electron chi connectivity index (χ0n) is 8.75. The van der Waals surface area contributed by atoms with Crippen molar-refractivity contribution in [3.05, 3.63) is 22.2 Å². The van der Waals surface area contributed by atoms with E-state index >= 15 is 0 Å². The Balaban J connectivity index is 2.54. The molecule has 1 unspecified atom stereocenters. The molecule has 82 valence electrons. The number of fused-ring (bicyclic) bond motifs is 1. The molecule has 0 saturated heterocycles. The fourth-order valence-corrected chi connectivity index (χ4v) is 3.40. The Hall–Kier alpha value is -0.190. The Bertz CT molecular complexity index is 368. The number of methoxy groups -OCH3 is 1. The number of hydrogen-bond donors (Lipinski definition) is 0. The van der Waals surface area contributed by atoms with Gasteiger partial charge in [0, 0.05) is 28.5 Å². The number of halogens is 1. The van der Waals surface area contributed by atoms with Gasteiger partial charge in [-0.1, -0.05) is 0 Å². The molecule has 15 heavy (non-hydrogen) atoms. The van der Waals surface area contributed by atoms with E-state index in [1.807, 2.05) is 12.1 Å². The maximum atomic E-state index is 5.64. The van der Waals surface area contributed by atoms with E-state index in [-0.39, 0.29) is 6.10 Å². The highest BCUT2D eigenvalue weighted by Gasteiger charge is 2.25. The summed E-state index contributed by atoms with van der Waals surface area (Å²) in [5, 5.41) is 0. The molecule has 0 N–H and O–H groups in total. The maximum absolute atomic E-state index is 5.64. The van der Waals surface area contributed by atoms with E-state index in [9.17, 15) is 0 Å². The number of hydrogen-bond acceptors (Lipinski definition) is 3. The van der Waals surface area contributed by atoms with Crippen LogP contribution in [0.5, 0.6) is 5.75 Å². The van der Waals surface area contributed by atoms with Crippen molar-refractivity contribution in [1.82, 2.24) is 0 Å². The van der Waals surface area contributed by atoms with Crippen LogP contribution in [0, 0.1) is 0 Å². The fraction of sp³-hybridized carbons (Fsp3) is 0.455. The summed E-state index contributed by atoms with van der Waals surface area (Å²) < 4.78 is 12.3. The van der Waals surface area contributed by atoms with Gasteiger partial charge in [-0.05, 0) is 34.3 Å². The van der Waals surface area contributed by atoms with Crippen LogP contribution in [-0.4, -0.2) is 20.0 Å². The Morgan fingerprint density at radius 2 is 2.33 bits per heavy atom. The SMILES string of the molecule is COC1CCOc2ccc(Br)c(SC)c21. The zero-order chi connectivity index (χ0) is 10.8. The first kappa shape index (κ1) is 11.3. The Morgan fingerprint density at radius 3 is 3.00 bits per heavy atom. The van der Waals surface area contributed by atoms with Gasteiger partial charge >= 0.3 is 0 Å². The van der Waals surface area contributed by atoms with Crippen LogP contribution in [0.25, 0.3) is 0 Å². The second-order valence-corrected chi connectivity index (χ2v) is 5.02. The van der Waals surface area contributed by atoms with Gasteiger partial charge in [0.05, 0.1) is 12.7 Å². The third-order valence-electron chi connectivity index (χ3n) is 2.56. The lowest BCUT2D eigenvalue weighted by atomic mass is 10.0. The lowest BCUT2D eigenvalue weighted by Gasteiger charge is -2.27. The zero-order valence-corrected chi connectivity index (χ0v) is 11.2. The molecular weight excluding hydrogens is 276 g/mol. The van der Waals surface area contributed by atoms with Crippen molar-refractivity contribution < 1.29 is 9.47 Å². The Labute approximate surface area is 102 Å². The van der Waals surface area contributed by atoms with Crippen molar-refractivity contribution in [2.75, 3.05) is 20.0 Å². The smallest absolute Gasteiger partial charge is 0.126 e. The topological polar surface area (TPSA) is 18.5 Å². The van der Waals surface area contributed by atoms with Gasteiger partial charge in [0.2, 0.25) is 0 Å². The van der Waals surface area contributed by atoms with Gasteiger partial charge < -0.3 is 9.47 Å². The monoisotopic (exact) mass is 288 g/mol. The molecule has 1 aromatic carbocycles. The summed E-state index contributed by atoms with van der Waals surface area (Å²) in [6.45, 7) is 0.737. The summed E-state index contributed by atoms with van der Waals surface area (Å²) in [5.74, 6) is 0.959. The molecule has 0 radical (unpaired) electrons. The average Bonchev–Trinajstić information content (AvgIpc) is 2.28. The highest BCUT2D eigenvalue weighted by Crippen LogP contribution is 2.43. The van der Waals surface area contributed by atoms with Gasteiger partial charge in [-0.2, -0.15) is 0 Å². The molecular formula is C11H13BrO2S. The summed E-state index contributed by atoms with van der Waals surface area (Å²) in [5.41, 5.74) is 1.19. The molecule has 0 fully saturated rings. The van der Waals surface area contributed by atoms with Crippen molar-refractivity contribution in [2.45, 2.75) is 17.4 Å². The Kier molecular flexibility index (Phi) is 3.59. The van der Waals surface area contributed by atoms with Crippen molar-refractivity contribution in [3.8, 4) is 5.75 Å². The van der Waals surface area contributed by atoms with Crippen LogP contribution in [0.2, 0.25) is 0 Å². The van der Waals surface area contributed by atoms with Crippen LogP contribution in [-0.2, 0) is 4.74 Å². The van der Waals surface area contributed by atoms with Gasteiger partial charge in [-0.3, -0.25) is 0 Å². The van der Waals surface area contributed by atoms with E-state index in [0.29, 0.717) is 0 Å². The molecule has 0 spiro atoms. The first-order chi connectivity index (χ1) is 7.27. The van der Waals surface area contributed by atoms with Crippen LogP contribution < -0.4 is 4.74 Å². The predicted octanol–water partition coefficient (Wildman–Crippen LogP) is 3.64. The molecule has 1 aromatic rings. The standard InChI is InChI=1S/C11H13BrO2S/c1-13-8-5-6-14-9-4-3-7(12)11(15-2)10(8)9/h3-4,8H,5-6H2,1-2H3. The summed E-state index contributed by atoms with van der Waals surface area (Å²) in [4.78, 5) is 1.22. The minimum absolute atomic E-state index is 0.161. The molecule has 0 bridgehead atoms. The Morgan fingerprint density at radius 1 is 1.53 bits per heavy atom. The molecule has 4 heteroatoms. The molecule has 1 aliphatic heterocycles. The molecule has 0 saturated carbocycles. The van der Waals surface area contributed by atoms with E-state index in [0.717, 1.165) is 23.2 Å². The lowest BCUT2D eigenvalue weighted by molar-refractivity contribution is 0.0611. The highest BCUT2D eigenvalue weighted by atomic mass is 79.9. The molecule has 2 rings (SSSR count). The third kappa shape index (κ3) is 2.03. The van der Waals surface area contributed by atoms with E-state index in [1.54, 1.807) is 18.9 Å². The average molecular weight is 289 g/mol. The van der Waals surface area contributed by atoms with Gasteiger partial charge in [0.25, 0.3) is 0 Å². The molecule has 2 nitrogen and oxygen atoms in total. The highest BCUT2D eigenvalue weighted by molar-refractivity contribution is 9.10. The van der Waals surface area contributed by atoms with E-state index < -0.39 is 0 Å². The quantitative estimate of drug-likeness (QED) is 0.774. The second kappa shape index (κ2) is 4.76. The van der Waals surface area contributed by atoms with Crippen LogP contribution in [0.15, 0.2) is 21.5 Å². The first-order valence-electron chi connectivity index (χ1n) is 4.80. The summed E-state index contributed by atoms with van der Waals surface area (Å²) >= 11 is 5.28. The molecule has 0 aromatic heterocycles. The summed E-state index contributed by atoms with van der Waals surface area (Å²) in [6.07, 6.45) is 3.16. The summed E-state index contributed by atoms with van der Waals surface area (Å²) in [7, 11) is 1.75. The van der Waals surface area contributed by atoms with Gasteiger partial charge in [0.1, 0.15) is 5.75 Å². The molecule has 1 atom stereocenters. The lowest BCUT2D eigenvalue weighted by Crippen LogP contribution is -2.16. The number of thioether (sulfide) groups is 1. The first-order valence-corrected chi connectivity index (χ1v) is 6.81. The van der Waals surface area contributed by atoms with Gasteiger partial charge in [0.15, 0.2) is 0 Å². The predicted molar refractivity (Wildman–Crippen MR) is 65.8 cm³/mol. The number of benzene rings is 1. The summed E-state index contributed by atoms with van der Waals surface area (Å²) in [6, 6.07) is 4.03. The maximum Gasteiger partial charge on any atom is 0.126 e. The normalized spacial score (nSPS) is 19.5. The van der Waals surface area contributed by atoms with Crippen molar-refractivity contribution in [3.63, 3.8) is 0 Å². The third-order valence-corrected chi connectivity index (χ3v) is 4.33. The van der Waals surface area contributed by atoms with E-state index in [1.165, 1.54) is 10.5 Å². The molecule has 1 aliphatic rings. The van der Waals surface area contributed by atoms with E-state index in [2.05, 4.69) is 22.2 Å². The molecule has 0 amide bonds. The fourth-order valence-electron chi connectivity index (χ4n) is 1.85. The molecule has 1 heterocycles. The minimum atomic E-state index is 0.161. The van der Waals surface area contributed by atoms with Crippen molar-refractivity contribution in [1.29, 1.82) is 0 Å². The number of ether oxygens (including phenoxy) is 2. The van der Waals surface area contributed by atoms with Crippen LogP contribution >= 0.6 is 27.7 Å². The van der Waals surface area contributed by atoms with Crippen LogP contribution in [0.3, 0.4) is 0 Å². The largest absolute Gasteiger partial charge is 0.493 e. The van der Waals surface area contributed by atoms with Crippen LogP contribution in [0.4, 0.5) is 0 Å².